The van der Waals surface area contributed by atoms with Crippen molar-refractivity contribution in [2.45, 2.75) is 26.7 Å². The van der Waals surface area contributed by atoms with Gasteiger partial charge in [-0.2, -0.15) is 0 Å². The second-order valence-electron chi connectivity index (χ2n) is 4.89. The van der Waals surface area contributed by atoms with E-state index in [0.717, 1.165) is 24.3 Å². The summed E-state index contributed by atoms with van der Waals surface area (Å²) >= 11 is 0. The Morgan fingerprint density at radius 2 is 1.19 bits per heavy atom. The molecule has 0 saturated carbocycles. The van der Waals surface area contributed by atoms with Gasteiger partial charge in [-0.15, -0.1) is 0 Å². The predicted octanol–water partition coefficient (Wildman–Crippen LogP) is 3.85. The minimum atomic E-state index is 0.195. The Hall–Kier alpha value is -1.84. The molecule has 3 nitrogen and oxygen atoms in total. The third-order valence-electron chi connectivity index (χ3n) is 2.78. The molecule has 0 spiro atoms. The molecule has 0 fully saturated rings. The summed E-state index contributed by atoms with van der Waals surface area (Å²) in [7, 11) is 0. The molecule has 2 rings (SSSR count). The van der Waals surface area contributed by atoms with Crippen molar-refractivity contribution >= 4 is 0 Å². The van der Waals surface area contributed by atoms with Crippen LogP contribution in [0.2, 0.25) is 0 Å². The van der Waals surface area contributed by atoms with E-state index in [1.165, 1.54) is 11.1 Å². The maximum Gasteiger partial charge on any atom is 0.127 e. The van der Waals surface area contributed by atoms with Crippen LogP contribution >= 0.6 is 0 Å². The fourth-order valence-electron chi connectivity index (χ4n) is 1.72. The molecular formula is C18H24O3. The molecule has 2 aromatic carbocycles. The zero-order chi connectivity index (χ0) is 15.5. The van der Waals surface area contributed by atoms with Gasteiger partial charge >= 0.3 is 0 Å². The van der Waals surface area contributed by atoms with E-state index in [1.54, 1.807) is 0 Å². The molecule has 0 aliphatic rings. The lowest BCUT2D eigenvalue weighted by molar-refractivity contribution is 0.242. The van der Waals surface area contributed by atoms with Crippen LogP contribution in [0.15, 0.2) is 48.5 Å². The molecule has 0 unspecified atom stereocenters. The highest BCUT2D eigenvalue weighted by Gasteiger charge is 1.96. The first kappa shape index (κ1) is 17.2. The number of aryl methyl sites for hydroxylation is 2. The van der Waals surface area contributed by atoms with Crippen molar-refractivity contribution in [2.75, 3.05) is 13.2 Å². The highest BCUT2D eigenvalue weighted by Crippen LogP contribution is 2.22. The van der Waals surface area contributed by atoms with Crippen LogP contribution in [-0.2, 0) is 0 Å². The van der Waals surface area contributed by atoms with E-state index in [-0.39, 0.29) is 13.2 Å². The van der Waals surface area contributed by atoms with Crippen LogP contribution in [0.4, 0.5) is 0 Å². The highest BCUT2D eigenvalue weighted by atomic mass is 16.5. The van der Waals surface area contributed by atoms with Crippen molar-refractivity contribution in [3.8, 4) is 11.5 Å². The molecule has 0 amide bonds. The van der Waals surface area contributed by atoms with Gasteiger partial charge < -0.3 is 14.9 Å². The maximum absolute atomic E-state index is 8.09. The van der Waals surface area contributed by atoms with Crippen molar-refractivity contribution in [3.63, 3.8) is 0 Å². The van der Waals surface area contributed by atoms with Gasteiger partial charge in [0.15, 0.2) is 0 Å². The molecule has 0 radical (unpaired) electrons. The molecule has 0 aliphatic carbocycles. The second-order valence-corrected chi connectivity index (χ2v) is 4.89. The van der Waals surface area contributed by atoms with E-state index >= 15 is 0 Å². The van der Waals surface area contributed by atoms with Crippen molar-refractivity contribution in [1.29, 1.82) is 0 Å². The Morgan fingerprint density at radius 3 is 1.52 bits per heavy atom. The Balaban J connectivity index is 0.000000315. The van der Waals surface area contributed by atoms with Gasteiger partial charge in [0, 0.05) is 13.2 Å². The van der Waals surface area contributed by atoms with Gasteiger partial charge in [0.25, 0.3) is 0 Å². The number of benzene rings is 2. The summed E-state index contributed by atoms with van der Waals surface area (Å²) in [6.07, 6.45) is 1.44. The van der Waals surface area contributed by atoms with Crippen molar-refractivity contribution in [1.82, 2.24) is 0 Å². The zero-order valence-electron chi connectivity index (χ0n) is 12.7. The summed E-state index contributed by atoms with van der Waals surface area (Å²) in [6, 6.07) is 16.1. The number of ether oxygens (including phenoxy) is 1. The van der Waals surface area contributed by atoms with Gasteiger partial charge in [0.05, 0.1) is 0 Å². The molecule has 0 aromatic heterocycles. The Bertz CT molecular complexity index is 476. The molecule has 0 aliphatic heterocycles. The van der Waals surface area contributed by atoms with Crippen LogP contribution in [0.5, 0.6) is 11.5 Å². The third-order valence-corrected chi connectivity index (χ3v) is 2.78. The Morgan fingerprint density at radius 1 is 0.762 bits per heavy atom. The lowest BCUT2D eigenvalue weighted by Crippen LogP contribution is -1.85. The van der Waals surface area contributed by atoms with E-state index in [9.17, 15) is 0 Å². The molecule has 114 valence electrons. The molecule has 0 heterocycles. The van der Waals surface area contributed by atoms with Crippen molar-refractivity contribution in [2.24, 2.45) is 0 Å². The minimum absolute atomic E-state index is 0.195. The monoisotopic (exact) mass is 288 g/mol. The number of aliphatic hydroxyl groups is 2. The number of hydrogen-bond acceptors (Lipinski definition) is 3. The predicted molar refractivity (Wildman–Crippen MR) is 85.8 cm³/mol. The fourth-order valence-corrected chi connectivity index (χ4v) is 1.72. The Kier molecular flexibility index (Phi) is 8.17. The minimum Gasteiger partial charge on any atom is -0.457 e. The topological polar surface area (TPSA) is 49.7 Å². The first-order valence-electron chi connectivity index (χ1n) is 7.18. The van der Waals surface area contributed by atoms with E-state index in [0.29, 0.717) is 0 Å². The summed E-state index contributed by atoms with van der Waals surface area (Å²) in [5.41, 5.74) is 2.42. The van der Waals surface area contributed by atoms with Crippen molar-refractivity contribution < 1.29 is 14.9 Å². The van der Waals surface area contributed by atoms with Crippen LogP contribution in [0.1, 0.15) is 24.0 Å². The first-order chi connectivity index (χ1) is 10.2. The normalized spacial score (nSPS) is 9.71. The van der Waals surface area contributed by atoms with Crippen molar-refractivity contribution in [3.05, 3.63) is 59.7 Å². The SMILES string of the molecule is Cc1cccc(Oc2cccc(C)c2)c1.OCCCCO. The summed E-state index contributed by atoms with van der Waals surface area (Å²) in [6.45, 7) is 4.51. The number of aliphatic hydroxyl groups excluding tert-OH is 2. The third kappa shape index (κ3) is 7.49. The first-order valence-corrected chi connectivity index (χ1v) is 7.18. The summed E-state index contributed by atoms with van der Waals surface area (Å²) in [5, 5.41) is 16.2. The largest absolute Gasteiger partial charge is 0.457 e. The van der Waals surface area contributed by atoms with Gasteiger partial charge in [-0.3, -0.25) is 0 Å². The average molecular weight is 288 g/mol. The van der Waals surface area contributed by atoms with E-state index in [4.69, 9.17) is 14.9 Å². The van der Waals surface area contributed by atoms with Gasteiger partial charge in [0.2, 0.25) is 0 Å². The van der Waals surface area contributed by atoms with Gasteiger partial charge in [0.1, 0.15) is 11.5 Å². The van der Waals surface area contributed by atoms with Gasteiger partial charge in [-0.1, -0.05) is 24.3 Å². The molecule has 0 bridgehead atoms. The van der Waals surface area contributed by atoms with Gasteiger partial charge in [-0.25, -0.2) is 0 Å². The second kappa shape index (κ2) is 9.97. The standard InChI is InChI=1S/C14H14O.C4H10O2/c1-11-5-3-7-13(9-11)15-14-8-4-6-12(2)10-14;5-3-1-2-4-6/h3-10H,1-2H3;5-6H,1-4H2. The maximum atomic E-state index is 8.09. The van der Waals surface area contributed by atoms with Crippen LogP contribution < -0.4 is 4.74 Å². The molecule has 2 aromatic rings. The summed E-state index contributed by atoms with van der Waals surface area (Å²) < 4.78 is 5.74. The van der Waals surface area contributed by atoms with Crippen LogP contribution in [0, 0.1) is 13.8 Å². The number of unbranched alkanes of at least 4 members (excludes halogenated alkanes) is 1. The summed E-state index contributed by atoms with van der Waals surface area (Å²) in [4.78, 5) is 0. The quantitative estimate of drug-likeness (QED) is 0.822. The highest BCUT2D eigenvalue weighted by molar-refractivity contribution is 5.35. The molecule has 0 atom stereocenters. The van der Waals surface area contributed by atoms with Crippen LogP contribution in [-0.4, -0.2) is 23.4 Å². The Labute approximate surface area is 126 Å². The molecule has 3 heteroatoms. The average Bonchev–Trinajstić information content (AvgIpc) is 2.46. The number of rotatable bonds is 5. The van der Waals surface area contributed by atoms with Crippen LogP contribution in [0.3, 0.4) is 0 Å². The zero-order valence-corrected chi connectivity index (χ0v) is 12.7. The fraction of sp³-hybridized carbons (Fsp3) is 0.333. The van der Waals surface area contributed by atoms with Crippen LogP contribution in [0.25, 0.3) is 0 Å². The van der Waals surface area contributed by atoms with E-state index < -0.39 is 0 Å². The molecule has 21 heavy (non-hydrogen) atoms. The number of hydrogen-bond donors (Lipinski definition) is 2. The lowest BCUT2D eigenvalue weighted by atomic mass is 10.2. The molecular weight excluding hydrogens is 264 g/mol. The van der Waals surface area contributed by atoms with E-state index in [2.05, 4.69) is 26.0 Å². The molecule has 0 saturated heterocycles. The lowest BCUT2D eigenvalue weighted by Gasteiger charge is -2.06. The smallest absolute Gasteiger partial charge is 0.127 e. The van der Waals surface area contributed by atoms with Gasteiger partial charge in [-0.05, 0) is 62.1 Å². The van der Waals surface area contributed by atoms with E-state index in [1.807, 2.05) is 36.4 Å². The molecule has 2 N–H and O–H groups in total. The summed E-state index contributed by atoms with van der Waals surface area (Å²) in [5.74, 6) is 1.78.